The van der Waals surface area contributed by atoms with Gasteiger partial charge in [-0.3, -0.25) is 4.79 Å². The Morgan fingerprint density at radius 2 is 1.94 bits per heavy atom. The molecule has 0 spiro atoms. The summed E-state index contributed by atoms with van der Waals surface area (Å²) in [7, 11) is 0. The smallest absolute Gasteiger partial charge is 0.328 e. The van der Waals surface area contributed by atoms with Crippen LogP contribution in [0.1, 0.15) is 57.4 Å². The number of carbonyl (C=O) groups excluding carboxylic acids is 2. The van der Waals surface area contributed by atoms with E-state index in [1.807, 2.05) is 36.5 Å². The van der Waals surface area contributed by atoms with Crippen molar-refractivity contribution in [3.63, 3.8) is 0 Å². The first-order valence-electron chi connectivity index (χ1n) is 11.3. The number of dihydropyridines is 1. The zero-order chi connectivity index (χ0) is 21.9. The van der Waals surface area contributed by atoms with Gasteiger partial charge in [-0.15, -0.1) is 0 Å². The average Bonchev–Trinajstić information content (AvgIpc) is 3.21. The van der Waals surface area contributed by atoms with Crippen LogP contribution in [0.25, 0.3) is 10.9 Å². The van der Waals surface area contributed by atoms with Gasteiger partial charge in [-0.1, -0.05) is 63.3 Å². The Bertz CT molecular complexity index is 929. The van der Waals surface area contributed by atoms with Crippen molar-refractivity contribution in [2.75, 3.05) is 6.61 Å². The van der Waals surface area contributed by atoms with Crippen LogP contribution in [0, 0.1) is 0 Å². The van der Waals surface area contributed by atoms with Crippen molar-refractivity contribution in [1.29, 1.82) is 0 Å². The minimum absolute atomic E-state index is 0.252. The molecule has 1 amide bonds. The summed E-state index contributed by atoms with van der Waals surface area (Å²) in [6.45, 7) is 2.58. The van der Waals surface area contributed by atoms with Crippen molar-refractivity contribution in [3.8, 4) is 0 Å². The molecule has 1 aliphatic rings. The quantitative estimate of drug-likeness (QED) is 0.347. The molecule has 166 valence electrons. The minimum atomic E-state index is -0.737. The number of H-pyrrole nitrogens is 1. The number of amides is 1. The maximum atomic E-state index is 12.9. The van der Waals surface area contributed by atoms with E-state index in [0.29, 0.717) is 25.0 Å². The number of carbonyl (C=O) groups is 2. The van der Waals surface area contributed by atoms with Crippen molar-refractivity contribution in [1.82, 2.24) is 15.6 Å². The fraction of sp³-hybridized carbons (Fsp3) is 0.440. The molecule has 0 bridgehead atoms. The van der Waals surface area contributed by atoms with E-state index in [1.165, 1.54) is 19.3 Å². The molecule has 0 saturated carbocycles. The summed E-state index contributed by atoms with van der Waals surface area (Å²) in [5, 5.41) is 6.86. The van der Waals surface area contributed by atoms with Crippen LogP contribution >= 0.6 is 0 Å². The number of ether oxygens (including phenoxy) is 1. The van der Waals surface area contributed by atoms with Crippen LogP contribution in [0.2, 0.25) is 0 Å². The number of aromatic amines is 1. The zero-order valence-electron chi connectivity index (χ0n) is 18.3. The number of benzene rings is 1. The molecule has 1 aromatic carbocycles. The summed E-state index contributed by atoms with van der Waals surface area (Å²) in [6.07, 6.45) is 14.9. The molecular formula is C25H33N3O3. The predicted octanol–water partition coefficient (Wildman–Crippen LogP) is 4.49. The summed E-state index contributed by atoms with van der Waals surface area (Å²) in [6, 6.07) is 7.20. The lowest BCUT2D eigenvalue weighted by molar-refractivity contribution is -0.147. The lowest BCUT2D eigenvalue weighted by atomic mass is 10.0. The number of esters is 1. The lowest BCUT2D eigenvalue weighted by Gasteiger charge is -2.19. The van der Waals surface area contributed by atoms with Gasteiger partial charge in [0.2, 0.25) is 5.91 Å². The van der Waals surface area contributed by atoms with E-state index in [4.69, 9.17) is 4.74 Å². The Hall–Kier alpha value is -3.02. The largest absolute Gasteiger partial charge is 0.464 e. The Balaban J connectivity index is 1.61. The third kappa shape index (κ3) is 6.74. The fourth-order valence-electron chi connectivity index (χ4n) is 3.74. The summed E-state index contributed by atoms with van der Waals surface area (Å²) in [5.74, 6) is -0.634. The number of allylic oxidation sites excluding steroid dienone is 1. The van der Waals surface area contributed by atoms with Crippen molar-refractivity contribution in [3.05, 3.63) is 60.1 Å². The zero-order valence-corrected chi connectivity index (χ0v) is 18.3. The lowest BCUT2D eigenvalue weighted by Crippen LogP contribution is -2.44. The van der Waals surface area contributed by atoms with Gasteiger partial charge in [0.05, 0.1) is 6.61 Å². The molecule has 0 aliphatic carbocycles. The van der Waals surface area contributed by atoms with Crippen LogP contribution in [0.5, 0.6) is 0 Å². The number of nitrogens with one attached hydrogen (secondary N) is 3. The second-order valence-electron chi connectivity index (χ2n) is 7.97. The van der Waals surface area contributed by atoms with Crippen molar-refractivity contribution in [2.45, 2.75) is 64.3 Å². The number of hydrogen-bond acceptors (Lipinski definition) is 4. The first-order valence-corrected chi connectivity index (χ1v) is 11.3. The normalized spacial score (nSPS) is 14.0. The summed E-state index contributed by atoms with van der Waals surface area (Å²) < 4.78 is 5.55. The molecule has 0 radical (unpaired) electrons. The van der Waals surface area contributed by atoms with Gasteiger partial charge < -0.3 is 20.4 Å². The molecule has 3 rings (SSSR count). The van der Waals surface area contributed by atoms with Crippen LogP contribution in [-0.2, 0) is 20.7 Å². The molecule has 6 nitrogen and oxygen atoms in total. The van der Waals surface area contributed by atoms with E-state index in [-0.39, 0.29) is 11.9 Å². The van der Waals surface area contributed by atoms with E-state index < -0.39 is 6.04 Å². The van der Waals surface area contributed by atoms with Crippen LogP contribution in [0.15, 0.2) is 54.5 Å². The van der Waals surface area contributed by atoms with Gasteiger partial charge in [-0.05, 0) is 30.7 Å². The molecule has 1 atom stereocenters. The maximum absolute atomic E-state index is 12.9. The molecule has 2 aromatic rings. The first-order chi connectivity index (χ1) is 15.2. The second-order valence-corrected chi connectivity index (χ2v) is 7.97. The maximum Gasteiger partial charge on any atom is 0.328 e. The average molecular weight is 424 g/mol. The number of aromatic nitrogens is 1. The highest BCUT2D eigenvalue weighted by Gasteiger charge is 2.25. The van der Waals surface area contributed by atoms with Crippen LogP contribution in [-0.4, -0.2) is 29.5 Å². The van der Waals surface area contributed by atoms with E-state index in [2.05, 4.69) is 22.5 Å². The number of unbranched alkanes of at least 4 members (excludes halogenated alkanes) is 5. The van der Waals surface area contributed by atoms with Gasteiger partial charge >= 0.3 is 5.97 Å². The molecular weight excluding hydrogens is 390 g/mol. The number of hydrogen-bond donors (Lipinski definition) is 3. The number of rotatable bonds is 12. The molecule has 2 heterocycles. The van der Waals surface area contributed by atoms with E-state index >= 15 is 0 Å². The summed E-state index contributed by atoms with van der Waals surface area (Å²) >= 11 is 0. The summed E-state index contributed by atoms with van der Waals surface area (Å²) in [5.41, 5.74) is 2.58. The van der Waals surface area contributed by atoms with E-state index in [1.54, 1.807) is 12.4 Å². The second kappa shape index (κ2) is 12.0. The number of fused-ring (bicyclic) bond motifs is 1. The minimum Gasteiger partial charge on any atom is -0.464 e. The third-order valence-electron chi connectivity index (χ3n) is 5.53. The molecule has 0 saturated heterocycles. The Kier molecular flexibility index (Phi) is 8.76. The standard InChI is InChI=1S/C25H33N3O3/c1-2-3-4-5-6-9-15-31-25(30)23(28-24(29)19-11-10-14-26-17-19)16-20-18-27-22-13-8-7-12-21(20)22/h7-8,10,12-14,17-18,23,26-27H,2-6,9,11,15-16H2,1H3,(H,28,29). The van der Waals surface area contributed by atoms with Gasteiger partial charge in [-0.25, -0.2) is 4.79 Å². The van der Waals surface area contributed by atoms with Crippen molar-refractivity contribution >= 4 is 22.8 Å². The van der Waals surface area contributed by atoms with Gasteiger partial charge in [0.1, 0.15) is 6.04 Å². The SMILES string of the molecule is CCCCCCCCOC(=O)C(Cc1c[nH]c2ccccc12)NC(=O)C1=CNC=CC1. The third-order valence-corrected chi connectivity index (χ3v) is 5.53. The van der Waals surface area contributed by atoms with Crippen LogP contribution < -0.4 is 10.6 Å². The molecule has 1 aliphatic heterocycles. The van der Waals surface area contributed by atoms with Gasteiger partial charge in [-0.2, -0.15) is 0 Å². The highest BCUT2D eigenvalue weighted by molar-refractivity contribution is 5.96. The van der Waals surface area contributed by atoms with Gasteiger partial charge in [0.25, 0.3) is 0 Å². The Morgan fingerprint density at radius 3 is 2.74 bits per heavy atom. The molecule has 6 heteroatoms. The van der Waals surface area contributed by atoms with Gasteiger partial charge in [0.15, 0.2) is 0 Å². The van der Waals surface area contributed by atoms with Crippen molar-refractivity contribution in [2.24, 2.45) is 0 Å². The summed E-state index contributed by atoms with van der Waals surface area (Å²) in [4.78, 5) is 28.8. The Labute approximate surface area is 184 Å². The highest BCUT2D eigenvalue weighted by atomic mass is 16.5. The topological polar surface area (TPSA) is 83.2 Å². The first kappa shape index (κ1) is 22.7. The molecule has 0 fully saturated rings. The predicted molar refractivity (Wildman–Crippen MR) is 123 cm³/mol. The fourth-order valence-corrected chi connectivity index (χ4v) is 3.74. The van der Waals surface area contributed by atoms with E-state index in [9.17, 15) is 9.59 Å². The monoisotopic (exact) mass is 423 g/mol. The number of para-hydroxylation sites is 1. The highest BCUT2D eigenvalue weighted by Crippen LogP contribution is 2.20. The van der Waals surface area contributed by atoms with Crippen LogP contribution in [0.3, 0.4) is 0 Å². The van der Waals surface area contributed by atoms with Crippen LogP contribution in [0.4, 0.5) is 0 Å². The van der Waals surface area contributed by atoms with Crippen molar-refractivity contribution < 1.29 is 14.3 Å². The molecule has 1 unspecified atom stereocenters. The molecule has 31 heavy (non-hydrogen) atoms. The molecule has 3 N–H and O–H groups in total. The molecule has 1 aromatic heterocycles. The van der Waals surface area contributed by atoms with E-state index in [0.717, 1.165) is 35.7 Å². The van der Waals surface area contributed by atoms with Gasteiger partial charge in [0, 0.05) is 35.3 Å². The Morgan fingerprint density at radius 1 is 1.13 bits per heavy atom.